The quantitative estimate of drug-likeness (QED) is 0.369. The van der Waals surface area contributed by atoms with Gasteiger partial charge < -0.3 is 20.3 Å². The molecule has 5 heteroatoms. The van der Waals surface area contributed by atoms with E-state index in [0.29, 0.717) is 0 Å². The molecular formula is C17H36N4O. The smallest absolute Gasteiger partial charge is 0.191 e. The van der Waals surface area contributed by atoms with E-state index >= 15 is 0 Å². The molecule has 0 saturated carbocycles. The molecule has 0 amide bonds. The Morgan fingerprint density at radius 1 is 1.23 bits per heavy atom. The molecule has 2 N–H and O–H groups in total. The molecule has 130 valence electrons. The summed E-state index contributed by atoms with van der Waals surface area (Å²) in [4.78, 5) is 7.21. The molecule has 0 aromatic heterocycles. The van der Waals surface area contributed by atoms with Crippen LogP contribution in [0, 0.1) is 0 Å². The molecule has 1 unspecified atom stereocenters. The van der Waals surface area contributed by atoms with Gasteiger partial charge in [-0.25, -0.2) is 0 Å². The molecule has 0 aromatic rings. The Morgan fingerprint density at radius 2 is 2.09 bits per heavy atom. The molecule has 1 saturated heterocycles. The molecule has 0 radical (unpaired) electrons. The van der Waals surface area contributed by atoms with Crippen LogP contribution in [0.2, 0.25) is 0 Å². The van der Waals surface area contributed by atoms with Crippen molar-refractivity contribution in [2.45, 2.75) is 58.9 Å². The standard InChI is InChI=1S/C17H36N4O/c1-4-18-17(20-12-9-15-22-5-2)19-11-8-14-21-13-7-6-10-16(21)3/h16H,4-15H2,1-3H3,(H2,18,19,20). The van der Waals surface area contributed by atoms with Crippen molar-refractivity contribution < 1.29 is 4.74 Å². The van der Waals surface area contributed by atoms with Gasteiger partial charge in [-0.15, -0.1) is 0 Å². The Labute approximate surface area is 136 Å². The molecular weight excluding hydrogens is 276 g/mol. The zero-order valence-corrected chi connectivity index (χ0v) is 14.9. The van der Waals surface area contributed by atoms with Gasteiger partial charge >= 0.3 is 0 Å². The van der Waals surface area contributed by atoms with E-state index in [1.165, 1.54) is 38.8 Å². The van der Waals surface area contributed by atoms with Gasteiger partial charge in [0.15, 0.2) is 5.96 Å². The van der Waals surface area contributed by atoms with Crippen LogP contribution in [-0.2, 0) is 4.74 Å². The van der Waals surface area contributed by atoms with Gasteiger partial charge in [-0.05, 0) is 53.0 Å². The Balaban J connectivity index is 2.15. The predicted octanol–water partition coefficient (Wildman–Crippen LogP) is 2.23. The maximum Gasteiger partial charge on any atom is 0.191 e. The number of rotatable bonds is 10. The summed E-state index contributed by atoms with van der Waals surface area (Å²) >= 11 is 0. The second-order valence-corrected chi connectivity index (χ2v) is 5.97. The van der Waals surface area contributed by atoms with E-state index in [1.54, 1.807) is 0 Å². The van der Waals surface area contributed by atoms with Crippen LogP contribution in [-0.4, -0.2) is 62.8 Å². The fourth-order valence-corrected chi connectivity index (χ4v) is 2.82. The fourth-order valence-electron chi connectivity index (χ4n) is 2.82. The van der Waals surface area contributed by atoms with E-state index in [9.17, 15) is 0 Å². The second kappa shape index (κ2) is 12.7. The number of guanidine groups is 1. The molecule has 1 fully saturated rings. The summed E-state index contributed by atoms with van der Waals surface area (Å²) in [5.74, 6) is 0.936. The summed E-state index contributed by atoms with van der Waals surface area (Å²) in [6, 6.07) is 0.759. The Kier molecular flexibility index (Phi) is 11.1. The summed E-state index contributed by atoms with van der Waals surface area (Å²) in [7, 11) is 0. The lowest BCUT2D eigenvalue weighted by Crippen LogP contribution is -2.41. The third kappa shape index (κ3) is 8.59. The van der Waals surface area contributed by atoms with Crippen molar-refractivity contribution in [2.75, 3.05) is 45.9 Å². The van der Waals surface area contributed by atoms with Gasteiger partial charge in [0, 0.05) is 45.4 Å². The van der Waals surface area contributed by atoms with Gasteiger partial charge in [0.25, 0.3) is 0 Å². The lowest BCUT2D eigenvalue weighted by molar-refractivity contribution is 0.146. The van der Waals surface area contributed by atoms with Gasteiger partial charge in [0.05, 0.1) is 0 Å². The SMILES string of the molecule is CCNC(=NCCCOCC)NCCCN1CCCCC1C. The van der Waals surface area contributed by atoms with E-state index < -0.39 is 0 Å². The lowest BCUT2D eigenvalue weighted by atomic mass is 10.0. The minimum absolute atomic E-state index is 0.759. The first-order valence-electron chi connectivity index (χ1n) is 9.11. The summed E-state index contributed by atoms with van der Waals surface area (Å²) in [6.07, 6.45) is 6.28. The highest BCUT2D eigenvalue weighted by Crippen LogP contribution is 2.15. The first-order valence-corrected chi connectivity index (χ1v) is 9.11. The molecule has 1 heterocycles. The minimum atomic E-state index is 0.759. The van der Waals surface area contributed by atoms with E-state index in [1.807, 2.05) is 6.92 Å². The molecule has 0 spiro atoms. The summed E-state index contributed by atoms with van der Waals surface area (Å²) in [5, 5.41) is 6.74. The maximum absolute atomic E-state index is 5.34. The molecule has 1 aliphatic heterocycles. The van der Waals surface area contributed by atoms with E-state index in [0.717, 1.165) is 51.3 Å². The summed E-state index contributed by atoms with van der Waals surface area (Å²) in [6.45, 7) is 13.2. The molecule has 0 aromatic carbocycles. The second-order valence-electron chi connectivity index (χ2n) is 5.97. The van der Waals surface area contributed by atoms with E-state index in [2.05, 4.69) is 34.4 Å². The van der Waals surface area contributed by atoms with Crippen LogP contribution in [0.5, 0.6) is 0 Å². The van der Waals surface area contributed by atoms with Crippen molar-refractivity contribution >= 4 is 5.96 Å². The van der Waals surface area contributed by atoms with Gasteiger partial charge in [-0.3, -0.25) is 4.99 Å². The highest BCUT2D eigenvalue weighted by molar-refractivity contribution is 5.79. The fraction of sp³-hybridized carbons (Fsp3) is 0.941. The van der Waals surface area contributed by atoms with Crippen molar-refractivity contribution in [1.29, 1.82) is 0 Å². The number of aliphatic imine (C=N–C) groups is 1. The van der Waals surface area contributed by atoms with Crippen LogP contribution in [0.15, 0.2) is 4.99 Å². The Morgan fingerprint density at radius 3 is 2.82 bits per heavy atom. The van der Waals surface area contributed by atoms with Crippen molar-refractivity contribution in [2.24, 2.45) is 4.99 Å². The van der Waals surface area contributed by atoms with E-state index in [4.69, 9.17) is 4.74 Å². The summed E-state index contributed by atoms with van der Waals surface area (Å²) in [5.41, 5.74) is 0. The average molecular weight is 313 g/mol. The predicted molar refractivity (Wildman–Crippen MR) is 94.6 cm³/mol. The molecule has 5 nitrogen and oxygen atoms in total. The molecule has 0 aliphatic carbocycles. The van der Waals surface area contributed by atoms with Crippen LogP contribution >= 0.6 is 0 Å². The number of hydrogen-bond donors (Lipinski definition) is 2. The van der Waals surface area contributed by atoms with Crippen molar-refractivity contribution in [1.82, 2.24) is 15.5 Å². The van der Waals surface area contributed by atoms with Crippen LogP contribution in [0.1, 0.15) is 52.9 Å². The van der Waals surface area contributed by atoms with E-state index in [-0.39, 0.29) is 0 Å². The minimum Gasteiger partial charge on any atom is -0.382 e. The number of likely N-dealkylation sites (tertiary alicyclic amines) is 1. The third-order valence-electron chi connectivity index (χ3n) is 4.12. The Hall–Kier alpha value is -0.810. The zero-order chi connectivity index (χ0) is 16.0. The number of piperidine rings is 1. The monoisotopic (exact) mass is 312 g/mol. The Bertz CT molecular complexity index is 296. The maximum atomic E-state index is 5.34. The number of ether oxygens (including phenoxy) is 1. The molecule has 22 heavy (non-hydrogen) atoms. The molecule has 1 rings (SSSR count). The number of nitrogens with one attached hydrogen (secondary N) is 2. The van der Waals surface area contributed by atoms with Gasteiger partial charge in [-0.1, -0.05) is 6.42 Å². The van der Waals surface area contributed by atoms with Crippen LogP contribution < -0.4 is 10.6 Å². The normalized spacial score (nSPS) is 20.1. The van der Waals surface area contributed by atoms with Crippen LogP contribution in [0.3, 0.4) is 0 Å². The van der Waals surface area contributed by atoms with Gasteiger partial charge in [-0.2, -0.15) is 0 Å². The van der Waals surface area contributed by atoms with Gasteiger partial charge in [0.1, 0.15) is 0 Å². The number of nitrogens with zero attached hydrogens (tertiary/aromatic N) is 2. The van der Waals surface area contributed by atoms with Crippen molar-refractivity contribution in [3.63, 3.8) is 0 Å². The zero-order valence-electron chi connectivity index (χ0n) is 14.9. The average Bonchev–Trinajstić information content (AvgIpc) is 2.52. The summed E-state index contributed by atoms with van der Waals surface area (Å²) < 4.78 is 5.34. The van der Waals surface area contributed by atoms with Crippen molar-refractivity contribution in [3.8, 4) is 0 Å². The van der Waals surface area contributed by atoms with Crippen molar-refractivity contribution in [3.05, 3.63) is 0 Å². The molecule has 0 bridgehead atoms. The lowest BCUT2D eigenvalue weighted by Gasteiger charge is -2.33. The first kappa shape index (κ1) is 19.2. The molecule has 1 aliphatic rings. The van der Waals surface area contributed by atoms with Crippen LogP contribution in [0.4, 0.5) is 0 Å². The highest BCUT2D eigenvalue weighted by atomic mass is 16.5. The van der Waals surface area contributed by atoms with Gasteiger partial charge in [0.2, 0.25) is 0 Å². The highest BCUT2D eigenvalue weighted by Gasteiger charge is 2.16. The first-order chi connectivity index (χ1) is 10.8. The topological polar surface area (TPSA) is 48.9 Å². The number of hydrogen-bond acceptors (Lipinski definition) is 3. The third-order valence-corrected chi connectivity index (χ3v) is 4.12. The van der Waals surface area contributed by atoms with Crippen LogP contribution in [0.25, 0.3) is 0 Å². The molecule has 1 atom stereocenters. The largest absolute Gasteiger partial charge is 0.382 e.